The Kier molecular flexibility index (Phi) is 3.73. The first kappa shape index (κ1) is 9.19. The van der Waals surface area contributed by atoms with Crippen LogP contribution in [0.5, 0.6) is 0 Å². The van der Waals surface area contributed by atoms with Crippen LogP contribution in [0.1, 0.15) is 11.1 Å². The van der Waals surface area contributed by atoms with E-state index in [2.05, 4.69) is 22.3 Å². The van der Waals surface area contributed by atoms with Gasteiger partial charge in [0.25, 0.3) is 0 Å². The Labute approximate surface area is 72.5 Å². The van der Waals surface area contributed by atoms with Crippen molar-refractivity contribution in [3.05, 3.63) is 35.4 Å². The quantitative estimate of drug-likeness (QED) is 0.650. The van der Waals surface area contributed by atoms with Gasteiger partial charge < -0.3 is 5.32 Å². The summed E-state index contributed by atoms with van der Waals surface area (Å²) in [5.41, 5.74) is 2.36. The molecule has 3 nitrogen and oxygen atoms in total. The van der Waals surface area contributed by atoms with Gasteiger partial charge in [0, 0.05) is 6.54 Å². The number of benzene rings is 1. The number of hydrogen-bond acceptors (Lipinski definition) is 3. The summed E-state index contributed by atoms with van der Waals surface area (Å²) in [6.45, 7) is 1.36. The normalized spacial score (nSPS) is 10.2. The summed E-state index contributed by atoms with van der Waals surface area (Å²) < 4.78 is 0. The number of nitrogens with one attached hydrogen (secondary N) is 1. The van der Waals surface area contributed by atoms with Gasteiger partial charge >= 0.3 is 0 Å². The third-order valence-electron chi connectivity index (χ3n) is 1.65. The van der Waals surface area contributed by atoms with E-state index in [1.54, 1.807) is 0 Å². The summed E-state index contributed by atoms with van der Waals surface area (Å²) in [6, 6.07) is 8.15. The van der Waals surface area contributed by atoms with Gasteiger partial charge in [-0.2, -0.15) is 0 Å². The molecule has 0 radical (unpaired) electrons. The van der Waals surface area contributed by atoms with E-state index in [-0.39, 0.29) is 0 Å². The minimum Gasteiger partial charge on any atom is -0.316 e. The molecular formula is C9H14N2O. The highest BCUT2D eigenvalue weighted by Crippen LogP contribution is 2.04. The van der Waals surface area contributed by atoms with Gasteiger partial charge in [-0.3, -0.25) is 4.84 Å². The average Bonchev–Trinajstić information content (AvgIpc) is 2.09. The fourth-order valence-electron chi connectivity index (χ4n) is 1.05. The summed E-state index contributed by atoms with van der Waals surface area (Å²) >= 11 is 0. The fourth-order valence-corrected chi connectivity index (χ4v) is 1.05. The Morgan fingerprint density at radius 3 is 2.33 bits per heavy atom. The third-order valence-corrected chi connectivity index (χ3v) is 1.65. The molecule has 0 bridgehead atoms. The predicted molar refractivity (Wildman–Crippen MR) is 48.2 cm³/mol. The molecule has 1 aromatic rings. The molecule has 0 saturated carbocycles. The number of rotatable bonds is 4. The second-order valence-electron chi connectivity index (χ2n) is 2.66. The molecule has 0 amide bonds. The smallest absolute Gasteiger partial charge is 0.0930 e. The van der Waals surface area contributed by atoms with Crippen molar-refractivity contribution >= 4 is 0 Å². The maximum Gasteiger partial charge on any atom is 0.0930 e. The monoisotopic (exact) mass is 166 g/mol. The van der Waals surface area contributed by atoms with Gasteiger partial charge in [0.1, 0.15) is 0 Å². The van der Waals surface area contributed by atoms with Gasteiger partial charge in [-0.05, 0) is 18.2 Å². The molecule has 0 aromatic heterocycles. The van der Waals surface area contributed by atoms with Crippen molar-refractivity contribution < 1.29 is 4.84 Å². The lowest BCUT2D eigenvalue weighted by atomic mass is 10.1. The fraction of sp³-hybridized carbons (Fsp3) is 0.333. The molecule has 0 aliphatic heterocycles. The molecule has 1 rings (SSSR count). The molecule has 0 aliphatic carbocycles. The van der Waals surface area contributed by atoms with Crippen LogP contribution in [0.2, 0.25) is 0 Å². The first-order valence-corrected chi connectivity index (χ1v) is 3.91. The highest BCUT2D eigenvalue weighted by atomic mass is 16.6. The highest BCUT2D eigenvalue weighted by Gasteiger charge is 1.92. The van der Waals surface area contributed by atoms with Crippen molar-refractivity contribution in [3.8, 4) is 0 Å². The zero-order chi connectivity index (χ0) is 8.81. The minimum atomic E-state index is 0.472. The first-order chi connectivity index (χ1) is 5.86. The van der Waals surface area contributed by atoms with Crippen molar-refractivity contribution in [1.82, 2.24) is 5.32 Å². The molecule has 3 heteroatoms. The van der Waals surface area contributed by atoms with E-state index in [0.29, 0.717) is 6.61 Å². The predicted octanol–water partition coefficient (Wildman–Crippen LogP) is 0.796. The summed E-state index contributed by atoms with van der Waals surface area (Å²) in [7, 11) is 1.93. The van der Waals surface area contributed by atoms with Gasteiger partial charge in [0.2, 0.25) is 0 Å². The molecule has 0 heterocycles. The highest BCUT2D eigenvalue weighted by molar-refractivity contribution is 5.21. The topological polar surface area (TPSA) is 47.3 Å². The van der Waals surface area contributed by atoms with E-state index in [1.165, 1.54) is 5.56 Å². The first-order valence-electron chi connectivity index (χ1n) is 3.91. The number of nitrogens with two attached hydrogens (primary N) is 1. The molecule has 0 unspecified atom stereocenters. The van der Waals surface area contributed by atoms with Crippen molar-refractivity contribution in [2.75, 3.05) is 7.05 Å². The summed E-state index contributed by atoms with van der Waals surface area (Å²) in [5, 5.41) is 3.08. The van der Waals surface area contributed by atoms with Crippen LogP contribution in [0.15, 0.2) is 24.3 Å². The SMILES string of the molecule is CNCc1ccc(CON)cc1. The van der Waals surface area contributed by atoms with Crippen LogP contribution in [0.4, 0.5) is 0 Å². The maximum absolute atomic E-state index is 4.94. The zero-order valence-corrected chi connectivity index (χ0v) is 7.21. The molecule has 0 fully saturated rings. The van der Waals surface area contributed by atoms with Gasteiger partial charge in [-0.25, -0.2) is 5.90 Å². The molecule has 3 N–H and O–H groups in total. The van der Waals surface area contributed by atoms with E-state index < -0.39 is 0 Å². The van der Waals surface area contributed by atoms with Gasteiger partial charge in [0.15, 0.2) is 0 Å². The van der Waals surface area contributed by atoms with Crippen LogP contribution in [-0.4, -0.2) is 7.05 Å². The zero-order valence-electron chi connectivity index (χ0n) is 7.21. The lowest BCUT2D eigenvalue weighted by molar-refractivity contribution is 0.124. The Bertz CT molecular complexity index is 195. The molecule has 0 spiro atoms. The summed E-state index contributed by atoms with van der Waals surface area (Å²) in [6.07, 6.45) is 0. The van der Waals surface area contributed by atoms with Crippen LogP contribution < -0.4 is 11.2 Å². The van der Waals surface area contributed by atoms with Gasteiger partial charge in [0.05, 0.1) is 6.61 Å². The summed E-state index contributed by atoms with van der Waals surface area (Å²) in [5.74, 6) is 4.94. The Morgan fingerprint density at radius 1 is 1.25 bits per heavy atom. The van der Waals surface area contributed by atoms with Gasteiger partial charge in [-0.1, -0.05) is 24.3 Å². The number of hydrogen-bond donors (Lipinski definition) is 2. The molecule has 0 atom stereocenters. The van der Waals surface area contributed by atoms with Crippen molar-refractivity contribution in [2.45, 2.75) is 13.2 Å². The van der Waals surface area contributed by atoms with Gasteiger partial charge in [-0.15, -0.1) is 0 Å². The Balaban J connectivity index is 2.58. The van der Waals surface area contributed by atoms with Crippen LogP contribution in [0, 0.1) is 0 Å². The van der Waals surface area contributed by atoms with E-state index in [1.807, 2.05) is 19.2 Å². The van der Waals surface area contributed by atoms with Crippen molar-refractivity contribution in [1.29, 1.82) is 0 Å². The van der Waals surface area contributed by atoms with E-state index >= 15 is 0 Å². The second-order valence-corrected chi connectivity index (χ2v) is 2.66. The second kappa shape index (κ2) is 4.87. The molecule has 66 valence electrons. The van der Waals surface area contributed by atoms with E-state index in [9.17, 15) is 0 Å². The van der Waals surface area contributed by atoms with Crippen LogP contribution >= 0.6 is 0 Å². The van der Waals surface area contributed by atoms with E-state index in [4.69, 9.17) is 5.90 Å². The van der Waals surface area contributed by atoms with Crippen molar-refractivity contribution in [3.63, 3.8) is 0 Å². The average molecular weight is 166 g/mol. The largest absolute Gasteiger partial charge is 0.316 e. The van der Waals surface area contributed by atoms with Crippen LogP contribution in [0.3, 0.4) is 0 Å². The van der Waals surface area contributed by atoms with Crippen molar-refractivity contribution in [2.24, 2.45) is 5.90 Å². The third kappa shape index (κ3) is 2.62. The van der Waals surface area contributed by atoms with Crippen LogP contribution in [-0.2, 0) is 18.0 Å². The summed E-state index contributed by atoms with van der Waals surface area (Å²) in [4.78, 5) is 4.51. The Morgan fingerprint density at radius 2 is 1.83 bits per heavy atom. The molecule has 0 saturated heterocycles. The molecule has 0 aliphatic rings. The maximum atomic E-state index is 4.94. The molecule has 12 heavy (non-hydrogen) atoms. The Hall–Kier alpha value is -0.900. The lowest BCUT2D eigenvalue weighted by Gasteiger charge is -2.01. The minimum absolute atomic E-state index is 0.472. The molecular weight excluding hydrogens is 152 g/mol. The van der Waals surface area contributed by atoms with Crippen LogP contribution in [0.25, 0.3) is 0 Å². The standard InChI is InChI=1S/C9H14N2O/c1-11-6-8-2-4-9(5-3-8)7-12-10/h2-5,11H,6-7,10H2,1H3. The lowest BCUT2D eigenvalue weighted by Crippen LogP contribution is -2.05. The molecule has 1 aromatic carbocycles. The van der Waals surface area contributed by atoms with E-state index in [0.717, 1.165) is 12.1 Å².